The molecule has 3 saturated heterocycles. The summed E-state index contributed by atoms with van der Waals surface area (Å²) in [6.45, 7) is 7.43. The Hall–Kier alpha value is -1.07. The van der Waals surface area contributed by atoms with Crippen LogP contribution in [0.25, 0.3) is 0 Å². The van der Waals surface area contributed by atoms with Crippen molar-refractivity contribution in [1.82, 2.24) is 15.2 Å². The Balaban J connectivity index is 1.33. The maximum absolute atomic E-state index is 12.4. The molecule has 150 valence electrons. The van der Waals surface area contributed by atoms with E-state index in [-0.39, 0.29) is 23.5 Å². The Labute approximate surface area is 163 Å². The van der Waals surface area contributed by atoms with Crippen molar-refractivity contribution in [3.05, 3.63) is 15.6 Å². The highest BCUT2D eigenvalue weighted by Crippen LogP contribution is 2.33. The van der Waals surface area contributed by atoms with E-state index >= 15 is 0 Å². The Kier molecular flexibility index (Phi) is 5.04. The van der Waals surface area contributed by atoms with Crippen molar-refractivity contribution >= 4 is 27.1 Å². The number of hydrogen-bond acceptors (Lipinski definition) is 8. The van der Waals surface area contributed by atoms with E-state index in [0.717, 1.165) is 23.8 Å². The quantitative estimate of drug-likeness (QED) is 0.741. The molecular formula is C17H25N3O5S2. The van der Waals surface area contributed by atoms with Gasteiger partial charge in [0.15, 0.2) is 9.84 Å². The number of morpholine rings is 1. The number of thiazole rings is 1. The number of carbonyl (C=O) groups excluding carboxylic acids is 1. The molecule has 0 radical (unpaired) electrons. The highest BCUT2D eigenvalue weighted by atomic mass is 32.2. The van der Waals surface area contributed by atoms with Crippen molar-refractivity contribution in [2.24, 2.45) is 0 Å². The summed E-state index contributed by atoms with van der Waals surface area (Å²) >= 11 is 1.72. The molecule has 1 N–H and O–H groups in total. The van der Waals surface area contributed by atoms with Gasteiger partial charge in [-0.05, 0) is 13.8 Å². The molecule has 8 nitrogen and oxygen atoms in total. The molecule has 1 amide bonds. The molecule has 1 aromatic rings. The van der Waals surface area contributed by atoms with Gasteiger partial charge in [-0.15, -0.1) is 11.3 Å². The van der Waals surface area contributed by atoms with Crippen molar-refractivity contribution in [3.63, 3.8) is 0 Å². The van der Waals surface area contributed by atoms with Crippen molar-refractivity contribution in [2.45, 2.75) is 44.6 Å². The van der Waals surface area contributed by atoms with Crippen LogP contribution in [-0.2, 0) is 30.7 Å². The first-order valence-corrected chi connectivity index (χ1v) is 11.8. The van der Waals surface area contributed by atoms with Crippen LogP contribution in [0.1, 0.15) is 22.0 Å². The number of carbonyl (C=O) groups is 1. The molecule has 1 aromatic heterocycles. The molecule has 27 heavy (non-hydrogen) atoms. The predicted octanol–water partition coefficient (Wildman–Crippen LogP) is 0.0330. The largest absolute Gasteiger partial charge is 0.370 e. The lowest BCUT2D eigenvalue weighted by Crippen LogP contribution is -2.55. The lowest BCUT2D eigenvalue weighted by Gasteiger charge is -2.39. The van der Waals surface area contributed by atoms with Crippen LogP contribution in [0, 0.1) is 13.8 Å². The summed E-state index contributed by atoms with van der Waals surface area (Å²) in [5.41, 5.74) is 0.605. The Morgan fingerprint density at radius 3 is 2.85 bits per heavy atom. The van der Waals surface area contributed by atoms with Crippen LogP contribution in [0.3, 0.4) is 0 Å². The predicted molar refractivity (Wildman–Crippen MR) is 100 cm³/mol. The van der Waals surface area contributed by atoms with E-state index in [0.29, 0.717) is 26.2 Å². The first kappa shape index (κ1) is 19.3. The van der Waals surface area contributed by atoms with Crippen molar-refractivity contribution < 1.29 is 22.7 Å². The third-order valence-corrected chi connectivity index (χ3v) is 8.23. The van der Waals surface area contributed by atoms with E-state index < -0.39 is 21.5 Å². The maximum Gasteiger partial charge on any atom is 0.249 e. The number of rotatable bonds is 4. The molecule has 0 unspecified atom stereocenters. The van der Waals surface area contributed by atoms with Crippen molar-refractivity contribution in [3.8, 4) is 0 Å². The molecule has 3 aliphatic heterocycles. The maximum atomic E-state index is 12.4. The molecule has 1 spiro atoms. The highest BCUT2D eigenvalue weighted by molar-refractivity contribution is 7.92. The zero-order valence-corrected chi connectivity index (χ0v) is 17.2. The molecule has 2 atom stereocenters. The number of amides is 1. The number of aromatic nitrogens is 1. The van der Waals surface area contributed by atoms with Crippen LogP contribution >= 0.6 is 11.3 Å². The second-order valence-corrected chi connectivity index (χ2v) is 11.2. The van der Waals surface area contributed by atoms with Crippen LogP contribution in [0.15, 0.2) is 0 Å². The summed E-state index contributed by atoms with van der Waals surface area (Å²) in [4.78, 5) is 20.5. The van der Waals surface area contributed by atoms with Crippen LogP contribution < -0.4 is 5.32 Å². The van der Waals surface area contributed by atoms with Crippen LogP contribution in [0.4, 0.5) is 0 Å². The average molecular weight is 416 g/mol. The first-order valence-electron chi connectivity index (χ1n) is 9.15. The fourth-order valence-electron chi connectivity index (χ4n) is 4.01. The van der Waals surface area contributed by atoms with Gasteiger partial charge in [0.1, 0.15) is 11.7 Å². The number of nitrogens with one attached hydrogen (secondary N) is 1. The molecule has 3 aliphatic rings. The van der Waals surface area contributed by atoms with E-state index in [1.807, 2.05) is 13.8 Å². The Morgan fingerprint density at radius 2 is 2.19 bits per heavy atom. The van der Waals surface area contributed by atoms with E-state index in [1.165, 1.54) is 4.88 Å². The molecule has 4 rings (SSSR count). The van der Waals surface area contributed by atoms with E-state index in [1.54, 1.807) is 11.3 Å². The second-order valence-electron chi connectivity index (χ2n) is 7.77. The van der Waals surface area contributed by atoms with Crippen LogP contribution in [0.2, 0.25) is 0 Å². The summed E-state index contributed by atoms with van der Waals surface area (Å²) in [6, 6.07) is -0.288. The molecular weight excluding hydrogens is 390 g/mol. The summed E-state index contributed by atoms with van der Waals surface area (Å²) in [6.07, 6.45) is -0.0872. The van der Waals surface area contributed by atoms with Gasteiger partial charge in [-0.1, -0.05) is 0 Å². The number of sulfone groups is 1. The molecule has 10 heteroatoms. The number of aryl methyl sites for hydroxylation is 2. The minimum absolute atomic E-state index is 0.0223. The fraction of sp³-hybridized carbons (Fsp3) is 0.765. The fourth-order valence-corrected chi connectivity index (χ4v) is 6.29. The first-order chi connectivity index (χ1) is 12.7. The van der Waals surface area contributed by atoms with Gasteiger partial charge in [-0.2, -0.15) is 0 Å². The summed E-state index contributed by atoms with van der Waals surface area (Å²) in [5, 5.41) is 3.85. The smallest absolute Gasteiger partial charge is 0.249 e. The molecule has 3 fully saturated rings. The van der Waals surface area contributed by atoms with Gasteiger partial charge >= 0.3 is 0 Å². The third-order valence-electron chi connectivity index (χ3n) is 5.35. The van der Waals surface area contributed by atoms with Crippen molar-refractivity contribution in [2.75, 3.05) is 37.8 Å². The molecule has 0 aliphatic carbocycles. The minimum Gasteiger partial charge on any atom is -0.370 e. The van der Waals surface area contributed by atoms with Gasteiger partial charge in [0.05, 0.1) is 41.5 Å². The summed E-state index contributed by atoms with van der Waals surface area (Å²) < 4.78 is 34.3. The van der Waals surface area contributed by atoms with Gasteiger partial charge in [-0.3, -0.25) is 9.69 Å². The minimum atomic E-state index is -2.96. The summed E-state index contributed by atoms with van der Waals surface area (Å²) in [7, 11) is -2.96. The molecule has 4 heterocycles. The number of hydrogen-bond donors (Lipinski definition) is 1. The van der Waals surface area contributed by atoms with Crippen LogP contribution in [0.5, 0.6) is 0 Å². The summed E-state index contributed by atoms with van der Waals surface area (Å²) in [5.74, 6) is -0.190. The third kappa shape index (κ3) is 4.19. The van der Waals surface area contributed by atoms with Gasteiger partial charge in [0.2, 0.25) is 5.91 Å². The average Bonchev–Trinajstić information content (AvgIpc) is 3.09. The lowest BCUT2D eigenvalue weighted by atomic mass is 9.97. The van der Waals surface area contributed by atoms with Gasteiger partial charge < -0.3 is 14.8 Å². The molecule has 0 saturated carbocycles. The monoisotopic (exact) mass is 415 g/mol. The van der Waals surface area contributed by atoms with Gasteiger partial charge in [-0.25, -0.2) is 13.4 Å². The van der Waals surface area contributed by atoms with E-state index in [4.69, 9.17) is 9.47 Å². The van der Waals surface area contributed by atoms with E-state index in [9.17, 15) is 13.2 Å². The lowest BCUT2D eigenvalue weighted by molar-refractivity contribution is -0.130. The normalized spacial score (nSPS) is 31.1. The zero-order chi connectivity index (χ0) is 19.2. The van der Waals surface area contributed by atoms with Gasteiger partial charge in [0.25, 0.3) is 0 Å². The Bertz CT molecular complexity index is 828. The SMILES string of the molecule is Cc1nc(C)c(CN2CCO[C@@]3(CO[C@@H](C(=O)NC4CS(=O)(=O)C4)C3)C2)s1. The second kappa shape index (κ2) is 7.07. The van der Waals surface area contributed by atoms with E-state index in [2.05, 4.69) is 15.2 Å². The van der Waals surface area contributed by atoms with Gasteiger partial charge in [0, 0.05) is 30.9 Å². The Morgan fingerprint density at radius 1 is 1.41 bits per heavy atom. The molecule has 0 aromatic carbocycles. The van der Waals surface area contributed by atoms with Crippen molar-refractivity contribution in [1.29, 1.82) is 0 Å². The highest BCUT2D eigenvalue weighted by Gasteiger charge is 2.47. The molecule has 0 bridgehead atoms. The standard InChI is InChI=1S/C17H25N3O5S2/c1-11-15(26-12(2)18-11)6-20-3-4-25-17(9-20)5-14(24-10-17)16(21)19-13-7-27(22,23)8-13/h13-14H,3-10H2,1-2H3,(H,19,21)/t14-,17-/m1/s1. The zero-order valence-electron chi connectivity index (χ0n) is 15.6. The number of nitrogens with zero attached hydrogens (tertiary/aromatic N) is 2. The number of ether oxygens (including phenoxy) is 2. The topological polar surface area (TPSA) is 97.8 Å². The van der Waals surface area contributed by atoms with Crippen LogP contribution in [-0.4, -0.2) is 79.8 Å².